The number of nitrogens with one attached hydrogen (secondary N) is 2. The number of carbonyl (C=O) groups is 2. The molecule has 0 spiro atoms. The van der Waals surface area contributed by atoms with Gasteiger partial charge in [-0.05, 0) is 71.8 Å². The van der Waals surface area contributed by atoms with Crippen molar-refractivity contribution in [3.63, 3.8) is 0 Å². The predicted octanol–water partition coefficient (Wildman–Crippen LogP) is 5.97. The number of rotatable bonds is 8. The number of allylic oxidation sites excluding steroid dienone is 2. The van der Waals surface area contributed by atoms with Crippen molar-refractivity contribution in [3.05, 3.63) is 75.2 Å². The van der Waals surface area contributed by atoms with E-state index < -0.39 is 6.04 Å². The molecule has 0 fully saturated rings. The van der Waals surface area contributed by atoms with E-state index in [1.165, 1.54) is 16.0 Å². The summed E-state index contributed by atoms with van der Waals surface area (Å²) in [5, 5.41) is 15.7. The summed E-state index contributed by atoms with van der Waals surface area (Å²) in [5.74, 6) is 1.32. The molecule has 0 saturated carbocycles. The maximum atomic E-state index is 13.1. The van der Waals surface area contributed by atoms with E-state index in [4.69, 9.17) is 9.73 Å². The molecule has 2 N–H and O–H groups in total. The SMILES string of the molecule is Cc1ccc(C2=N[C@@H](CC(=O)NCCCNC(=O)OC3CC/C=C/CCC3)c3nnc(C)n3-c3sc(C)c(C)c32)cc1. The number of nitrogens with zero attached hydrogens (tertiary/aromatic N) is 4. The van der Waals surface area contributed by atoms with Crippen LogP contribution in [0.3, 0.4) is 0 Å². The highest BCUT2D eigenvalue weighted by molar-refractivity contribution is 7.15. The first kappa shape index (κ1) is 29.7. The first-order valence-corrected chi connectivity index (χ1v) is 15.7. The molecule has 222 valence electrons. The van der Waals surface area contributed by atoms with Crippen molar-refractivity contribution >= 4 is 29.0 Å². The van der Waals surface area contributed by atoms with Gasteiger partial charge in [0.25, 0.3) is 0 Å². The van der Waals surface area contributed by atoms with Crippen LogP contribution < -0.4 is 10.6 Å². The molecule has 2 aliphatic rings. The topological polar surface area (TPSA) is 110 Å². The van der Waals surface area contributed by atoms with Crippen LogP contribution in [0.2, 0.25) is 0 Å². The van der Waals surface area contributed by atoms with Crippen molar-refractivity contribution in [2.24, 2.45) is 4.99 Å². The molecule has 3 heterocycles. The molecule has 1 aliphatic heterocycles. The van der Waals surface area contributed by atoms with E-state index in [2.05, 4.69) is 82.6 Å². The average molecular weight is 589 g/mol. The zero-order valence-corrected chi connectivity index (χ0v) is 25.7. The van der Waals surface area contributed by atoms with Gasteiger partial charge in [-0.1, -0.05) is 42.0 Å². The number of carbonyl (C=O) groups excluding carboxylic acids is 2. The molecule has 42 heavy (non-hydrogen) atoms. The Labute approximate surface area is 251 Å². The number of fused-ring (bicyclic) bond motifs is 3. The quantitative estimate of drug-likeness (QED) is 0.249. The number of ether oxygens (including phenoxy) is 1. The molecule has 1 unspecified atom stereocenters. The molecule has 2 amide bonds. The second kappa shape index (κ2) is 13.5. The molecule has 2 atom stereocenters. The molecule has 10 heteroatoms. The molecule has 0 saturated heterocycles. The Morgan fingerprint density at radius 2 is 1.76 bits per heavy atom. The van der Waals surface area contributed by atoms with Crippen LogP contribution in [0.25, 0.3) is 5.00 Å². The Balaban J connectivity index is 1.23. The Kier molecular flexibility index (Phi) is 9.51. The van der Waals surface area contributed by atoms with Crippen molar-refractivity contribution in [1.29, 1.82) is 0 Å². The number of hydrogen-bond acceptors (Lipinski definition) is 7. The van der Waals surface area contributed by atoms with Gasteiger partial charge in [0.15, 0.2) is 5.82 Å². The molecule has 5 rings (SSSR count). The molecule has 0 bridgehead atoms. The summed E-state index contributed by atoms with van der Waals surface area (Å²) in [7, 11) is 0. The van der Waals surface area contributed by atoms with Gasteiger partial charge in [-0.15, -0.1) is 21.5 Å². The van der Waals surface area contributed by atoms with Gasteiger partial charge in [-0.3, -0.25) is 14.4 Å². The summed E-state index contributed by atoms with van der Waals surface area (Å²) in [5.41, 5.74) is 5.31. The normalized spacial score (nSPS) is 18.9. The van der Waals surface area contributed by atoms with Crippen molar-refractivity contribution in [2.45, 2.75) is 84.8 Å². The summed E-state index contributed by atoms with van der Waals surface area (Å²) in [6, 6.07) is 7.86. The molecule has 9 nitrogen and oxygen atoms in total. The summed E-state index contributed by atoms with van der Waals surface area (Å²) in [4.78, 5) is 31.8. The lowest BCUT2D eigenvalue weighted by Gasteiger charge is -2.18. The van der Waals surface area contributed by atoms with Crippen molar-refractivity contribution in [1.82, 2.24) is 25.4 Å². The number of aliphatic imine (C=N–C) groups is 1. The van der Waals surface area contributed by atoms with Crippen LogP contribution in [-0.2, 0) is 9.53 Å². The fraction of sp³-hybridized carbons (Fsp3) is 0.469. The number of thiophene rings is 1. The van der Waals surface area contributed by atoms with Gasteiger partial charge in [-0.25, -0.2) is 4.79 Å². The highest BCUT2D eigenvalue weighted by Crippen LogP contribution is 2.39. The third kappa shape index (κ3) is 6.81. The van der Waals surface area contributed by atoms with E-state index in [1.54, 1.807) is 11.3 Å². The van der Waals surface area contributed by atoms with Crippen LogP contribution in [0.5, 0.6) is 0 Å². The molecule has 1 aliphatic carbocycles. The van der Waals surface area contributed by atoms with Crippen LogP contribution >= 0.6 is 11.3 Å². The number of hydrogen-bond donors (Lipinski definition) is 2. The minimum atomic E-state index is -0.492. The van der Waals surface area contributed by atoms with E-state index in [0.29, 0.717) is 25.3 Å². The van der Waals surface area contributed by atoms with Gasteiger partial charge in [0, 0.05) is 29.1 Å². The Morgan fingerprint density at radius 1 is 1.00 bits per heavy atom. The number of aryl methyl sites for hydroxylation is 3. The lowest BCUT2D eigenvalue weighted by molar-refractivity contribution is -0.121. The Morgan fingerprint density at radius 3 is 2.57 bits per heavy atom. The van der Waals surface area contributed by atoms with E-state index in [1.807, 2.05) is 6.92 Å². The van der Waals surface area contributed by atoms with Crippen LogP contribution in [0, 0.1) is 27.7 Å². The van der Waals surface area contributed by atoms with E-state index >= 15 is 0 Å². The van der Waals surface area contributed by atoms with E-state index in [0.717, 1.165) is 59.8 Å². The fourth-order valence-corrected chi connectivity index (χ4v) is 6.64. The van der Waals surface area contributed by atoms with Gasteiger partial charge in [0.2, 0.25) is 5.91 Å². The van der Waals surface area contributed by atoms with Gasteiger partial charge in [-0.2, -0.15) is 0 Å². The number of benzene rings is 1. The number of amides is 2. The lowest BCUT2D eigenvalue weighted by Crippen LogP contribution is -2.32. The largest absolute Gasteiger partial charge is 0.446 e. The van der Waals surface area contributed by atoms with Gasteiger partial charge < -0.3 is 15.4 Å². The maximum Gasteiger partial charge on any atom is 0.407 e. The molecule has 0 radical (unpaired) electrons. The number of aromatic nitrogens is 3. The third-order valence-electron chi connectivity index (χ3n) is 7.88. The fourth-order valence-electron chi connectivity index (χ4n) is 5.43. The lowest BCUT2D eigenvalue weighted by atomic mass is 9.99. The third-order valence-corrected chi connectivity index (χ3v) is 9.07. The number of alkyl carbamates (subject to hydrolysis) is 1. The molecular weight excluding hydrogens is 548 g/mol. The Bertz CT molecular complexity index is 1490. The van der Waals surface area contributed by atoms with Crippen molar-refractivity contribution < 1.29 is 14.3 Å². The Hall–Kier alpha value is -3.79. The molecule has 2 aromatic heterocycles. The van der Waals surface area contributed by atoms with E-state index in [-0.39, 0.29) is 24.5 Å². The second-order valence-electron chi connectivity index (χ2n) is 11.1. The molecular formula is C32H40N6O3S. The van der Waals surface area contributed by atoms with Crippen molar-refractivity contribution in [2.75, 3.05) is 13.1 Å². The minimum Gasteiger partial charge on any atom is -0.446 e. The van der Waals surface area contributed by atoms with Crippen LogP contribution in [-0.4, -0.2) is 51.7 Å². The standard InChI is InChI=1S/C32H40N6O3S/c1-20-13-15-24(16-14-20)29-28-21(2)22(3)42-31(28)38-23(4)36-37-30(38)26(35-29)19-27(39)33-17-10-18-34-32(40)41-25-11-8-6-5-7-9-12-25/h5-6,13-16,25-26H,7-12,17-19H2,1-4H3,(H,33,39)(H,34,40)/b6-5+/t25?,26-/m0/s1. The molecule has 1 aromatic carbocycles. The van der Waals surface area contributed by atoms with Crippen LogP contribution in [0.4, 0.5) is 4.79 Å². The zero-order chi connectivity index (χ0) is 29.6. The second-order valence-corrected chi connectivity index (χ2v) is 12.3. The monoisotopic (exact) mass is 588 g/mol. The summed E-state index contributed by atoms with van der Waals surface area (Å²) in [6.07, 6.45) is 9.42. The smallest absolute Gasteiger partial charge is 0.407 e. The highest BCUT2D eigenvalue weighted by atomic mass is 32.1. The van der Waals surface area contributed by atoms with Crippen molar-refractivity contribution in [3.8, 4) is 5.00 Å². The first-order chi connectivity index (χ1) is 20.3. The average Bonchev–Trinajstić information content (AvgIpc) is 3.42. The summed E-state index contributed by atoms with van der Waals surface area (Å²) in [6.45, 7) is 9.11. The van der Waals surface area contributed by atoms with Gasteiger partial charge in [0.05, 0.1) is 12.1 Å². The van der Waals surface area contributed by atoms with Gasteiger partial charge in [0.1, 0.15) is 23.0 Å². The van der Waals surface area contributed by atoms with Crippen LogP contribution in [0.1, 0.15) is 89.8 Å². The first-order valence-electron chi connectivity index (χ1n) is 14.9. The molecule has 3 aromatic rings. The summed E-state index contributed by atoms with van der Waals surface area (Å²) >= 11 is 1.70. The minimum absolute atomic E-state index is 0.0391. The predicted molar refractivity (Wildman–Crippen MR) is 166 cm³/mol. The maximum absolute atomic E-state index is 13.1. The van der Waals surface area contributed by atoms with Crippen LogP contribution in [0.15, 0.2) is 41.4 Å². The summed E-state index contributed by atoms with van der Waals surface area (Å²) < 4.78 is 7.65. The highest BCUT2D eigenvalue weighted by Gasteiger charge is 2.32. The van der Waals surface area contributed by atoms with Gasteiger partial charge >= 0.3 is 6.09 Å². The zero-order valence-electron chi connectivity index (χ0n) is 24.9. The van der Waals surface area contributed by atoms with E-state index in [9.17, 15) is 9.59 Å².